The fourth-order valence-electron chi connectivity index (χ4n) is 3.29. The Morgan fingerprint density at radius 3 is 2.71 bits per heavy atom. The summed E-state index contributed by atoms with van der Waals surface area (Å²) < 4.78 is 13.3. The lowest BCUT2D eigenvalue weighted by Gasteiger charge is -2.28. The third-order valence-electron chi connectivity index (χ3n) is 4.22. The van der Waals surface area contributed by atoms with Crippen LogP contribution in [0.5, 0.6) is 0 Å². The monoisotopic (exact) mass is 463 g/mol. The summed E-state index contributed by atoms with van der Waals surface area (Å²) in [5, 5.41) is 11.1. The second kappa shape index (κ2) is 7.51. The van der Waals surface area contributed by atoms with Crippen molar-refractivity contribution >= 4 is 43.6 Å². The Labute approximate surface area is 157 Å². The number of aliphatic hydroxyl groups is 1. The summed E-state index contributed by atoms with van der Waals surface area (Å²) >= 11 is 6.83. The number of carbonyl (C=O) groups is 2. The molecule has 132 valence electrons. The van der Waals surface area contributed by atoms with E-state index in [4.69, 9.17) is 9.47 Å². The first kappa shape index (κ1) is 19.4. The van der Waals surface area contributed by atoms with Crippen molar-refractivity contribution in [3.05, 3.63) is 33.5 Å². The van der Waals surface area contributed by atoms with Crippen molar-refractivity contribution in [2.45, 2.75) is 25.0 Å². The van der Waals surface area contributed by atoms with Gasteiger partial charge < -0.3 is 19.1 Å². The third kappa shape index (κ3) is 3.00. The highest BCUT2D eigenvalue weighted by atomic mass is 79.9. The van der Waals surface area contributed by atoms with Gasteiger partial charge in [-0.05, 0) is 51.3 Å². The van der Waals surface area contributed by atoms with Crippen LogP contribution in [0, 0.1) is 5.92 Å². The normalized spacial score (nSPS) is 25.4. The minimum atomic E-state index is -2.03. The summed E-state index contributed by atoms with van der Waals surface area (Å²) in [5.74, 6) is -2.09. The highest BCUT2D eigenvalue weighted by molar-refractivity contribution is 9.13. The lowest BCUT2D eigenvalue weighted by atomic mass is 9.80. The van der Waals surface area contributed by atoms with E-state index in [-0.39, 0.29) is 5.78 Å². The molecule has 1 aliphatic rings. The zero-order valence-corrected chi connectivity index (χ0v) is 16.6. The zero-order chi connectivity index (χ0) is 18.1. The van der Waals surface area contributed by atoms with E-state index >= 15 is 0 Å². The lowest BCUT2D eigenvalue weighted by Crippen LogP contribution is -2.45. The van der Waals surface area contributed by atoms with Crippen molar-refractivity contribution in [2.24, 2.45) is 5.92 Å². The van der Waals surface area contributed by atoms with E-state index in [1.165, 1.54) is 14.0 Å². The second-order valence-corrected chi connectivity index (χ2v) is 7.21. The van der Waals surface area contributed by atoms with Gasteiger partial charge in [0.2, 0.25) is 5.60 Å². The van der Waals surface area contributed by atoms with Gasteiger partial charge in [-0.15, -0.1) is 6.58 Å². The van der Waals surface area contributed by atoms with E-state index in [0.717, 1.165) is 0 Å². The molecule has 0 bridgehead atoms. The molecule has 3 atom stereocenters. The summed E-state index contributed by atoms with van der Waals surface area (Å²) in [6.07, 6.45) is 2.08. The molecule has 0 aliphatic carbocycles. The van der Waals surface area contributed by atoms with Crippen LogP contribution in [-0.2, 0) is 24.7 Å². The topological polar surface area (TPSA) is 77.8 Å². The lowest BCUT2D eigenvalue weighted by molar-refractivity contribution is -0.172. The number of Topliss-reactive ketones (excluding diaryl/α,β-unsaturated/α-hetero) is 1. The van der Waals surface area contributed by atoms with Crippen molar-refractivity contribution in [1.29, 1.82) is 0 Å². The van der Waals surface area contributed by atoms with Gasteiger partial charge in [-0.1, -0.05) is 6.08 Å². The molecule has 0 saturated carbocycles. The molecule has 8 heteroatoms. The van der Waals surface area contributed by atoms with Crippen molar-refractivity contribution < 1.29 is 24.2 Å². The number of hydrogen-bond acceptors (Lipinski definition) is 5. The van der Waals surface area contributed by atoms with E-state index in [1.807, 2.05) is 0 Å². The van der Waals surface area contributed by atoms with Crippen LogP contribution >= 0.6 is 31.9 Å². The number of carbonyl (C=O) groups excluding carboxylic acids is 2. The number of ketones is 1. The van der Waals surface area contributed by atoms with E-state index < -0.39 is 23.5 Å². The van der Waals surface area contributed by atoms with Gasteiger partial charge in [0.15, 0.2) is 0 Å². The number of ether oxygens (including phenoxy) is 2. The van der Waals surface area contributed by atoms with Gasteiger partial charge in [-0.3, -0.25) is 4.79 Å². The van der Waals surface area contributed by atoms with E-state index in [2.05, 4.69) is 38.4 Å². The van der Waals surface area contributed by atoms with Crippen LogP contribution in [0.4, 0.5) is 0 Å². The minimum absolute atomic E-state index is 0.289. The fourth-order valence-corrected chi connectivity index (χ4v) is 4.27. The summed E-state index contributed by atoms with van der Waals surface area (Å²) in [6, 6.07) is 1.19. The Kier molecular flexibility index (Phi) is 6.06. The molecule has 0 amide bonds. The number of rotatable bonds is 7. The number of hydrogen-bond donors (Lipinski definition) is 1. The van der Waals surface area contributed by atoms with Crippen LogP contribution in [0.2, 0.25) is 0 Å². The molecule has 0 aromatic carbocycles. The van der Waals surface area contributed by atoms with Crippen molar-refractivity contribution in [2.75, 3.05) is 20.3 Å². The molecule has 2 rings (SSSR count). The quantitative estimate of drug-likeness (QED) is 0.381. The smallest absolute Gasteiger partial charge is 0.345 e. The molecule has 1 aliphatic heterocycles. The molecule has 0 saturated heterocycles. The fraction of sp³-hybridized carbons (Fsp3) is 0.500. The van der Waals surface area contributed by atoms with E-state index in [9.17, 15) is 14.7 Å². The number of esters is 1. The summed E-state index contributed by atoms with van der Waals surface area (Å²) in [6.45, 7) is 5.70. The standard InChI is InChI=1S/C16H19Br2NO5/c1-4-6-24-7-5-11-13(9(2)20)16(22,15(21)23-3)12-8-10(17)14(18)19(11)12/h4,8,11,13,22H,1,5-7H2,2-3H3. The van der Waals surface area contributed by atoms with Gasteiger partial charge in [0.1, 0.15) is 5.78 Å². The molecular weight excluding hydrogens is 446 g/mol. The first-order chi connectivity index (χ1) is 11.3. The van der Waals surface area contributed by atoms with Crippen LogP contribution in [0.1, 0.15) is 25.1 Å². The molecule has 1 aromatic rings. The molecule has 0 spiro atoms. The molecular formula is C16H19Br2NO5. The maximum absolute atomic E-state index is 12.3. The van der Waals surface area contributed by atoms with Crippen molar-refractivity contribution in [3.63, 3.8) is 0 Å². The molecule has 0 fully saturated rings. The number of aromatic nitrogens is 1. The van der Waals surface area contributed by atoms with Crippen molar-refractivity contribution in [3.8, 4) is 0 Å². The predicted octanol–water partition coefficient (Wildman–Crippen LogP) is 2.73. The van der Waals surface area contributed by atoms with Gasteiger partial charge in [0.05, 0.1) is 40.4 Å². The molecule has 0 radical (unpaired) electrons. The highest BCUT2D eigenvalue weighted by Gasteiger charge is 2.60. The number of fused-ring (bicyclic) bond motifs is 1. The Morgan fingerprint density at radius 2 is 2.17 bits per heavy atom. The summed E-state index contributed by atoms with van der Waals surface area (Å²) in [4.78, 5) is 24.6. The van der Waals surface area contributed by atoms with Gasteiger partial charge in [-0.25, -0.2) is 4.79 Å². The Morgan fingerprint density at radius 1 is 1.50 bits per heavy atom. The van der Waals surface area contributed by atoms with Crippen molar-refractivity contribution in [1.82, 2.24) is 4.57 Å². The van der Waals surface area contributed by atoms with Crippen LogP contribution in [0.25, 0.3) is 0 Å². The summed E-state index contributed by atoms with van der Waals surface area (Å²) in [5.41, 5.74) is -1.71. The van der Waals surface area contributed by atoms with Crippen LogP contribution in [0.15, 0.2) is 27.8 Å². The molecule has 6 nitrogen and oxygen atoms in total. The van der Waals surface area contributed by atoms with Gasteiger partial charge in [0, 0.05) is 6.61 Å². The first-order valence-corrected chi connectivity index (χ1v) is 8.95. The number of nitrogens with zero attached hydrogens (tertiary/aromatic N) is 1. The molecule has 2 heterocycles. The van der Waals surface area contributed by atoms with Gasteiger partial charge in [-0.2, -0.15) is 0 Å². The van der Waals surface area contributed by atoms with Crippen LogP contribution < -0.4 is 0 Å². The largest absolute Gasteiger partial charge is 0.467 e. The minimum Gasteiger partial charge on any atom is -0.467 e. The van der Waals surface area contributed by atoms with Gasteiger partial charge >= 0.3 is 5.97 Å². The molecule has 1 N–H and O–H groups in total. The highest BCUT2D eigenvalue weighted by Crippen LogP contribution is 2.51. The summed E-state index contributed by atoms with van der Waals surface area (Å²) in [7, 11) is 1.19. The maximum Gasteiger partial charge on any atom is 0.345 e. The number of halogens is 2. The van der Waals surface area contributed by atoms with E-state index in [1.54, 1.807) is 16.7 Å². The average Bonchev–Trinajstić information content (AvgIpc) is 2.97. The van der Waals surface area contributed by atoms with Gasteiger partial charge in [0.25, 0.3) is 0 Å². The Hall–Kier alpha value is -0.960. The van der Waals surface area contributed by atoms with E-state index in [0.29, 0.717) is 34.4 Å². The second-order valence-electron chi connectivity index (χ2n) is 5.60. The molecule has 3 unspecified atom stereocenters. The third-order valence-corrected chi connectivity index (χ3v) is 6.16. The zero-order valence-electron chi connectivity index (χ0n) is 13.4. The molecule has 24 heavy (non-hydrogen) atoms. The van der Waals surface area contributed by atoms with Crippen LogP contribution in [-0.4, -0.2) is 41.7 Å². The van der Waals surface area contributed by atoms with Crippen LogP contribution in [0.3, 0.4) is 0 Å². The molecule has 1 aromatic heterocycles. The Bertz CT molecular complexity index is 672. The SMILES string of the molecule is C=CCOCCC1C(C(C)=O)C(O)(C(=O)OC)c2cc(Br)c(Br)n21. The predicted molar refractivity (Wildman–Crippen MR) is 94.6 cm³/mol. The number of methoxy groups -OCH3 is 1. The average molecular weight is 465 g/mol. The maximum atomic E-state index is 12.3. The first-order valence-electron chi connectivity index (χ1n) is 7.37. The Balaban J connectivity index is 2.51.